The van der Waals surface area contributed by atoms with Gasteiger partial charge < -0.3 is 5.73 Å². The van der Waals surface area contributed by atoms with Gasteiger partial charge in [-0.1, -0.05) is 0 Å². The highest BCUT2D eigenvalue weighted by Gasteiger charge is 2.19. The summed E-state index contributed by atoms with van der Waals surface area (Å²) < 4.78 is 27.6. The molecular weight excluding hydrogens is 308 g/mol. The molecule has 0 aliphatic rings. The Kier molecular flexibility index (Phi) is 3.91. The molecule has 0 radical (unpaired) electrons. The fraction of sp³-hybridized carbons (Fsp3) is 0.167. The molecule has 1 atom stereocenters. The first-order valence-corrected chi connectivity index (χ1v) is 6.73. The van der Waals surface area contributed by atoms with Gasteiger partial charge in [0.1, 0.15) is 11.6 Å². The average Bonchev–Trinajstić information content (AvgIpc) is 2.77. The van der Waals surface area contributed by atoms with Crippen molar-refractivity contribution in [2.24, 2.45) is 5.73 Å². The lowest BCUT2D eigenvalue weighted by molar-refractivity contribution is 0.521. The Labute approximate surface area is 110 Å². The van der Waals surface area contributed by atoms with Gasteiger partial charge in [0.25, 0.3) is 0 Å². The molecule has 1 aromatic carbocycles. The normalized spacial score (nSPS) is 12.7. The topological polar surface area (TPSA) is 26.0 Å². The summed E-state index contributed by atoms with van der Waals surface area (Å²) in [7, 11) is 0. The number of nitrogens with two attached hydrogens (primary N) is 1. The SMILES string of the molecule is NC(Cc1ccsc1)c1c(F)ccc(Br)c1F. The highest BCUT2D eigenvalue weighted by Crippen LogP contribution is 2.27. The zero-order valence-corrected chi connectivity index (χ0v) is 11.2. The van der Waals surface area contributed by atoms with Crippen LogP contribution in [-0.2, 0) is 6.42 Å². The number of rotatable bonds is 3. The second kappa shape index (κ2) is 5.25. The third kappa shape index (κ3) is 2.73. The number of hydrogen-bond acceptors (Lipinski definition) is 2. The van der Waals surface area contributed by atoms with Crippen molar-refractivity contribution < 1.29 is 8.78 Å². The summed E-state index contributed by atoms with van der Waals surface area (Å²) >= 11 is 4.57. The standard InChI is InChI=1S/C12H10BrF2NS/c13-8-1-2-9(14)11(12(8)15)10(16)5-7-3-4-17-6-7/h1-4,6,10H,5,16H2. The molecule has 0 saturated heterocycles. The maximum absolute atomic E-state index is 13.8. The summed E-state index contributed by atoms with van der Waals surface area (Å²) in [5.41, 5.74) is 6.78. The highest BCUT2D eigenvalue weighted by molar-refractivity contribution is 9.10. The molecule has 90 valence electrons. The van der Waals surface area contributed by atoms with Gasteiger partial charge in [0, 0.05) is 11.6 Å². The third-order valence-corrected chi connectivity index (χ3v) is 3.83. The Bertz CT molecular complexity index is 513. The lowest BCUT2D eigenvalue weighted by Crippen LogP contribution is -2.17. The van der Waals surface area contributed by atoms with Crippen LogP contribution >= 0.6 is 27.3 Å². The van der Waals surface area contributed by atoms with Crippen LogP contribution in [0.4, 0.5) is 8.78 Å². The molecule has 1 nitrogen and oxygen atoms in total. The Morgan fingerprint density at radius 2 is 2.06 bits per heavy atom. The third-order valence-electron chi connectivity index (χ3n) is 2.49. The second-order valence-electron chi connectivity index (χ2n) is 3.70. The van der Waals surface area contributed by atoms with Gasteiger partial charge in [-0.2, -0.15) is 11.3 Å². The van der Waals surface area contributed by atoms with Crippen LogP contribution in [0.5, 0.6) is 0 Å². The van der Waals surface area contributed by atoms with E-state index in [4.69, 9.17) is 5.73 Å². The summed E-state index contributed by atoms with van der Waals surface area (Å²) in [6.45, 7) is 0. The largest absolute Gasteiger partial charge is 0.323 e. The van der Waals surface area contributed by atoms with Crippen molar-refractivity contribution in [3.05, 3.63) is 56.2 Å². The molecule has 2 aromatic rings. The van der Waals surface area contributed by atoms with Crippen LogP contribution < -0.4 is 5.73 Å². The van der Waals surface area contributed by atoms with E-state index in [0.29, 0.717) is 6.42 Å². The van der Waals surface area contributed by atoms with E-state index in [-0.39, 0.29) is 10.0 Å². The van der Waals surface area contributed by atoms with Crippen LogP contribution in [0.1, 0.15) is 17.2 Å². The molecule has 0 amide bonds. The number of halogens is 3. The minimum atomic E-state index is -0.679. The van der Waals surface area contributed by atoms with Gasteiger partial charge in [-0.3, -0.25) is 0 Å². The molecule has 0 fully saturated rings. The van der Waals surface area contributed by atoms with Crippen LogP contribution in [0, 0.1) is 11.6 Å². The number of thiophene rings is 1. The molecule has 0 saturated carbocycles. The molecule has 1 unspecified atom stereocenters. The van der Waals surface area contributed by atoms with Crippen molar-refractivity contribution in [2.75, 3.05) is 0 Å². The minimum Gasteiger partial charge on any atom is -0.323 e. The molecule has 17 heavy (non-hydrogen) atoms. The lowest BCUT2D eigenvalue weighted by Gasteiger charge is -2.14. The van der Waals surface area contributed by atoms with Crippen molar-refractivity contribution in [2.45, 2.75) is 12.5 Å². The first kappa shape index (κ1) is 12.7. The van der Waals surface area contributed by atoms with Gasteiger partial charge in [-0.25, -0.2) is 8.78 Å². The molecule has 1 aromatic heterocycles. The zero-order chi connectivity index (χ0) is 12.4. The van der Waals surface area contributed by atoms with Crippen LogP contribution in [0.3, 0.4) is 0 Å². The summed E-state index contributed by atoms with van der Waals surface area (Å²) in [4.78, 5) is 0. The van der Waals surface area contributed by atoms with Gasteiger partial charge >= 0.3 is 0 Å². The second-order valence-corrected chi connectivity index (χ2v) is 5.33. The summed E-state index contributed by atoms with van der Waals surface area (Å²) in [6.07, 6.45) is 0.424. The highest BCUT2D eigenvalue weighted by atomic mass is 79.9. The minimum absolute atomic E-state index is 0.0643. The van der Waals surface area contributed by atoms with Gasteiger partial charge in [0.05, 0.1) is 4.47 Å². The Hall–Kier alpha value is -0.780. The van der Waals surface area contributed by atoms with Gasteiger partial charge in [-0.05, 0) is 56.9 Å². The lowest BCUT2D eigenvalue weighted by atomic mass is 10.0. The van der Waals surface area contributed by atoms with E-state index in [2.05, 4.69) is 15.9 Å². The maximum Gasteiger partial charge on any atom is 0.145 e. The first-order chi connectivity index (χ1) is 8.09. The fourth-order valence-electron chi connectivity index (χ4n) is 1.65. The molecule has 0 aliphatic carbocycles. The maximum atomic E-state index is 13.8. The van der Waals surface area contributed by atoms with Crippen molar-refractivity contribution in [1.82, 2.24) is 0 Å². The molecule has 0 aliphatic heterocycles. The van der Waals surface area contributed by atoms with E-state index in [1.807, 2.05) is 16.8 Å². The van der Waals surface area contributed by atoms with Crippen molar-refractivity contribution in [3.63, 3.8) is 0 Å². The molecule has 2 N–H and O–H groups in total. The van der Waals surface area contributed by atoms with Crippen molar-refractivity contribution in [1.29, 1.82) is 0 Å². The van der Waals surface area contributed by atoms with E-state index in [1.54, 1.807) is 0 Å². The van der Waals surface area contributed by atoms with Crippen molar-refractivity contribution >= 4 is 27.3 Å². The van der Waals surface area contributed by atoms with Gasteiger partial charge in [0.2, 0.25) is 0 Å². The number of benzene rings is 1. The summed E-state index contributed by atoms with van der Waals surface area (Å²) in [5, 5.41) is 3.84. The van der Waals surface area contributed by atoms with Gasteiger partial charge in [0.15, 0.2) is 0 Å². The molecule has 0 spiro atoms. The van der Waals surface area contributed by atoms with E-state index in [0.717, 1.165) is 5.56 Å². The van der Waals surface area contributed by atoms with Crippen molar-refractivity contribution in [3.8, 4) is 0 Å². The Morgan fingerprint density at radius 1 is 1.29 bits per heavy atom. The first-order valence-electron chi connectivity index (χ1n) is 4.99. The predicted molar refractivity (Wildman–Crippen MR) is 69.0 cm³/mol. The molecule has 2 rings (SSSR count). The summed E-state index contributed by atoms with van der Waals surface area (Å²) in [5.74, 6) is -1.22. The van der Waals surface area contributed by atoms with Crippen LogP contribution in [-0.4, -0.2) is 0 Å². The summed E-state index contributed by atoms with van der Waals surface area (Å²) in [6, 6.07) is 3.78. The Morgan fingerprint density at radius 3 is 2.71 bits per heavy atom. The van der Waals surface area contributed by atoms with E-state index in [9.17, 15) is 8.78 Å². The number of hydrogen-bond donors (Lipinski definition) is 1. The molecule has 1 heterocycles. The van der Waals surface area contributed by atoms with E-state index >= 15 is 0 Å². The predicted octanol–water partition coefficient (Wildman–Crippen LogP) is 4.03. The molecule has 0 bridgehead atoms. The smallest absolute Gasteiger partial charge is 0.145 e. The quantitative estimate of drug-likeness (QED) is 0.850. The van der Waals surface area contributed by atoms with Gasteiger partial charge in [-0.15, -0.1) is 0 Å². The fourth-order valence-corrected chi connectivity index (χ4v) is 2.67. The van der Waals surface area contributed by atoms with E-state index in [1.165, 1.54) is 23.5 Å². The van der Waals surface area contributed by atoms with Crippen LogP contribution in [0.2, 0.25) is 0 Å². The average molecular weight is 318 g/mol. The van der Waals surface area contributed by atoms with Crippen LogP contribution in [0.15, 0.2) is 33.4 Å². The molecular formula is C12H10BrF2NS. The van der Waals surface area contributed by atoms with Crippen LogP contribution in [0.25, 0.3) is 0 Å². The monoisotopic (exact) mass is 317 g/mol. The molecule has 5 heteroatoms. The zero-order valence-electron chi connectivity index (χ0n) is 8.79. The Balaban J connectivity index is 2.30. The van der Waals surface area contributed by atoms with E-state index < -0.39 is 17.7 Å².